The number of benzene rings is 2. The van der Waals surface area contributed by atoms with Crippen LogP contribution in [0.2, 0.25) is 0 Å². The summed E-state index contributed by atoms with van der Waals surface area (Å²) >= 11 is 3.26. The molecule has 0 fully saturated rings. The van der Waals surface area contributed by atoms with E-state index in [9.17, 15) is 8.42 Å². The fourth-order valence-corrected chi connectivity index (χ4v) is 3.85. The maximum absolute atomic E-state index is 12.3. The van der Waals surface area contributed by atoms with E-state index >= 15 is 0 Å². The van der Waals surface area contributed by atoms with Crippen LogP contribution in [0.4, 0.5) is 5.69 Å². The first-order chi connectivity index (χ1) is 8.92. The summed E-state index contributed by atoms with van der Waals surface area (Å²) in [6.07, 6.45) is 0. The predicted molar refractivity (Wildman–Crippen MR) is 80.9 cm³/mol. The third-order valence-electron chi connectivity index (χ3n) is 2.98. The molecule has 3 nitrogen and oxygen atoms in total. The van der Waals surface area contributed by atoms with Gasteiger partial charge in [-0.3, -0.25) is 4.72 Å². The zero-order valence-electron chi connectivity index (χ0n) is 10.6. The molecule has 0 aliphatic carbocycles. The lowest BCUT2D eigenvalue weighted by Gasteiger charge is -2.12. The van der Waals surface area contributed by atoms with Crippen molar-refractivity contribution in [3.63, 3.8) is 0 Å². The monoisotopic (exact) mass is 339 g/mol. The van der Waals surface area contributed by atoms with Gasteiger partial charge in [-0.05, 0) is 59.1 Å². The summed E-state index contributed by atoms with van der Waals surface area (Å²) in [5.74, 6) is 0. The van der Waals surface area contributed by atoms with Crippen LogP contribution in [0.15, 0.2) is 51.8 Å². The molecule has 0 aliphatic rings. The van der Waals surface area contributed by atoms with E-state index in [1.165, 1.54) is 0 Å². The van der Waals surface area contributed by atoms with Gasteiger partial charge >= 0.3 is 0 Å². The minimum atomic E-state index is -3.58. The Hall–Kier alpha value is -1.33. The highest BCUT2D eigenvalue weighted by Gasteiger charge is 2.18. The second-order valence-electron chi connectivity index (χ2n) is 4.28. The second-order valence-corrected chi connectivity index (χ2v) is 6.79. The molecule has 0 atom stereocenters. The summed E-state index contributed by atoms with van der Waals surface area (Å²) in [7, 11) is -3.58. The lowest BCUT2D eigenvalue weighted by molar-refractivity contribution is 0.600. The fourth-order valence-electron chi connectivity index (χ4n) is 1.72. The molecule has 0 heterocycles. The smallest absolute Gasteiger partial charge is 0.263 e. The quantitative estimate of drug-likeness (QED) is 0.922. The third-order valence-corrected chi connectivity index (χ3v) is 5.35. The van der Waals surface area contributed by atoms with E-state index in [1.54, 1.807) is 30.3 Å². The van der Waals surface area contributed by atoms with Gasteiger partial charge < -0.3 is 0 Å². The van der Waals surface area contributed by atoms with Gasteiger partial charge in [-0.15, -0.1) is 0 Å². The standard InChI is InChI=1S/C14H14BrNO2S/c1-10-6-5-8-13(11(10)2)16-19(17,18)14-9-4-3-7-12(14)15/h3-9,16H,1-2H3. The first-order valence-corrected chi connectivity index (χ1v) is 8.03. The molecule has 100 valence electrons. The molecule has 1 N–H and O–H groups in total. The molecule has 0 saturated heterocycles. The van der Waals surface area contributed by atoms with E-state index in [2.05, 4.69) is 20.7 Å². The molecule has 2 aromatic rings. The van der Waals surface area contributed by atoms with E-state index in [4.69, 9.17) is 0 Å². The molecule has 0 spiro atoms. The summed E-state index contributed by atoms with van der Waals surface area (Å²) in [6.45, 7) is 3.85. The van der Waals surface area contributed by atoms with Crippen LogP contribution in [0.5, 0.6) is 0 Å². The van der Waals surface area contributed by atoms with Crippen molar-refractivity contribution >= 4 is 31.6 Å². The second kappa shape index (κ2) is 5.35. The Kier molecular flexibility index (Phi) is 3.96. The van der Waals surface area contributed by atoms with E-state index in [0.29, 0.717) is 10.2 Å². The van der Waals surface area contributed by atoms with Crippen molar-refractivity contribution in [1.29, 1.82) is 0 Å². The van der Waals surface area contributed by atoms with Crippen molar-refractivity contribution in [3.8, 4) is 0 Å². The Morgan fingerprint density at radius 3 is 2.37 bits per heavy atom. The molecular formula is C14H14BrNO2S. The van der Waals surface area contributed by atoms with Gasteiger partial charge in [0.15, 0.2) is 0 Å². The van der Waals surface area contributed by atoms with Crippen molar-refractivity contribution in [2.75, 3.05) is 4.72 Å². The highest BCUT2D eigenvalue weighted by atomic mass is 79.9. The van der Waals surface area contributed by atoms with Crippen molar-refractivity contribution < 1.29 is 8.42 Å². The zero-order valence-corrected chi connectivity index (χ0v) is 13.0. The molecule has 2 rings (SSSR count). The maximum atomic E-state index is 12.3. The normalized spacial score (nSPS) is 11.3. The van der Waals surface area contributed by atoms with E-state index in [-0.39, 0.29) is 4.90 Å². The van der Waals surface area contributed by atoms with Gasteiger partial charge in [0.25, 0.3) is 10.0 Å². The number of anilines is 1. The first kappa shape index (κ1) is 14.1. The van der Waals surface area contributed by atoms with Gasteiger partial charge in [-0.1, -0.05) is 24.3 Å². The topological polar surface area (TPSA) is 46.2 Å². The summed E-state index contributed by atoms with van der Waals surface area (Å²) < 4.78 is 27.9. The number of nitrogens with one attached hydrogen (secondary N) is 1. The van der Waals surface area contributed by atoms with Crippen LogP contribution in [0.25, 0.3) is 0 Å². The van der Waals surface area contributed by atoms with Gasteiger partial charge in [-0.2, -0.15) is 0 Å². The van der Waals surface area contributed by atoms with Crippen LogP contribution in [-0.2, 0) is 10.0 Å². The molecule has 0 aromatic heterocycles. The molecule has 0 radical (unpaired) electrons. The number of aryl methyl sites for hydroxylation is 1. The van der Waals surface area contributed by atoms with E-state index in [1.807, 2.05) is 26.0 Å². The van der Waals surface area contributed by atoms with Crippen molar-refractivity contribution in [2.24, 2.45) is 0 Å². The number of halogens is 1. The molecule has 2 aromatic carbocycles. The molecule has 5 heteroatoms. The first-order valence-electron chi connectivity index (χ1n) is 5.75. The number of rotatable bonds is 3. The fraction of sp³-hybridized carbons (Fsp3) is 0.143. The van der Waals surface area contributed by atoms with Crippen LogP contribution >= 0.6 is 15.9 Å². The lowest BCUT2D eigenvalue weighted by Crippen LogP contribution is -2.14. The molecule has 0 saturated carbocycles. The molecule has 0 bridgehead atoms. The summed E-state index contributed by atoms with van der Waals surface area (Å²) in [6, 6.07) is 12.3. The average molecular weight is 340 g/mol. The Labute approximate surface area is 121 Å². The highest BCUT2D eigenvalue weighted by molar-refractivity contribution is 9.10. The van der Waals surface area contributed by atoms with Gasteiger partial charge in [-0.25, -0.2) is 8.42 Å². The number of sulfonamides is 1. The molecular weight excluding hydrogens is 326 g/mol. The summed E-state index contributed by atoms with van der Waals surface area (Å²) in [4.78, 5) is 0.232. The van der Waals surface area contributed by atoms with E-state index in [0.717, 1.165) is 11.1 Å². The third kappa shape index (κ3) is 2.98. The average Bonchev–Trinajstić information content (AvgIpc) is 2.35. The highest BCUT2D eigenvalue weighted by Crippen LogP contribution is 2.26. The maximum Gasteiger partial charge on any atom is 0.263 e. The summed E-state index contributed by atoms with van der Waals surface area (Å²) in [5, 5.41) is 0. The Balaban J connectivity index is 2.43. The zero-order chi connectivity index (χ0) is 14.0. The minimum absolute atomic E-state index is 0.232. The largest absolute Gasteiger partial charge is 0.279 e. The predicted octanol–water partition coefficient (Wildman–Crippen LogP) is 3.87. The molecule has 0 amide bonds. The minimum Gasteiger partial charge on any atom is -0.279 e. The van der Waals surface area contributed by atoms with Crippen LogP contribution in [-0.4, -0.2) is 8.42 Å². The Bertz CT molecular complexity index is 711. The van der Waals surface area contributed by atoms with Gasteiger partial charge in [0.2, 0.25) is 0 Å². The van der Waals surface area contributed by atoms with Crippen molar-refractivity contribution in [2.45, 2.75) is 18.7 Å². The molecule has 0 unspecified atom stereocenters. The van der Waals surface area contributed by atoms with Crippen molar-refractivity contribution in [1.82, 2.24) is 0 Å². The van der Waals surface area contributed by atoms with Gasteiger partial charge in [0.05, 0.1) is 5.69 Å². The summed E-state index contributed by atoms with van der Waals surface area (Å²) in [5.41, 5.74) is 2.58. The molecule has 0 aliphatic heterocycles. The van der Waals surface area contributed by atoms with Crippen LogP contribution in [0.1, 0.15) is 11.1 Å². The van der Waals surface area contributed by atoms with Crippen molar-refractivity contribution in [3.05, 3.63) is 58.1 Å². The van der Waals surface area contributed by atoms with Crippen LogP contribution in [0.3, 0.4) is 0 Å². The van der Waals surface area contributed by atoms with Crippen LogP contribution in [0, 0.1) is 13.8 Å². The molecule has 19 heavy (non-hydrogen) atoms. The van der Waals surface area contributed by atoms with E-state index < -0.39 is 10.0 Å². The number of hydrogen-bond acceptors (Lipinski definition) is 2. The lowest BCUT2D eigenvalue weighted by atomic mass is 10.1. The Morgan fingerprint density at radius 1 is 1.00 bits per heavy atom. The Morgan fingerprint density at radius 2 is 1.68 bits per heavy atom. The van der Waals surface area contributed by atoms with Crippen LogP contribution < -0.4 is 4.72 Å². The number of hydrogen-bond donors (Lipinski definition) is 1. The van der Waals surface area contributed by atoms with Gasteiger partial charge in [0, 0.05) is 4.47 Å². The SMILES string of the molecule is Cc1cccc(NS(=O)(=O)c2ccccc2Br)c1C. The van der Waals surface area contributed by atoms with Gasteiger partial charge in [0.1, 0.15) is 4.90 Å².